The Morgan fingerprint density at radius 2 is 1.92 bits per heavy atom. The van der Waals surface area contributed by atoms with E-state index in [2.05, 4.69) is 5.32 Å². The third-order valence-electron chi connectivity index (χ3n) is 3.40. The zero-order valence-corrected chi connectivity index (χ0v) is 14.6. The molecule has 0 aliphatic rings. The minimum absolute atomic E-state index is 0.0107. The summed E-state index contributed by atoms with van der Waals surface area (Å²) in [5.41, 5.74) is -0.857. The van der Waals surface area contributed by atoms with E-state index in [0.717, 1.165) is 37.1 Å². The fourth-order valence-electron chi connectivity index (χ4n) is 1.97. The monoisotopic (exact) mass is 377 g/mol. The van der Waals surface area contributed by atoms with E-state index in [1.807, 2.05) is 13.8 Å². The third kappa shape index (κ3) is 7.17. The molecule has 4 nitrogen and oxygen atoms in total. The normalized spacial score (nSPS) is 11.8. The number of carbonyl (C=O) groups is 2. The van der Waals surface area contributed by atoms with E-state index in [1.54, 1.807) is 0 Å². The van der Waals surface area contributed by atoms with Crippen molar-refractivity contribution in [1.29, 1.82) is 0 Å². The van der Waals surface area contributed by atoms with Gasteiger partial charge in [0.05, 0.1) is 10.6 Å². The van der Waals surface area contributed by atoms with Gasteiger partial charge in [-0.1, -0.05) is 31.5 Å². The van der Waals surface area contributed by atoms with Crippen LogP contribution >= 0.6 is 11.6 Å². The maximum absolute atomic E-state index is 12.8. The van der Waals surface area contributed by atoms with Crippen molar-refractivity contribution in [1.82, 2.24) is 5.32 Å². The number of nitrogens with one attached hydrogen (secondary N) is 1. The van der Waals surface area contributed by atoms with Gasteiger partial charge in [0, 0.05) is 12.1 Å². The summed E-state index contributed by atoms with van der Waals surface area (Å²) in [6.45, 7) is 3.39. The zero-order chi connectivity index (χ0) is 19.0. The molecule has 0 unspecified atom stereocenters. The van der Waals surface area contributed by atoms with Gasteiger partial charge in [0.15, 0.2) is 6.61 Å². The summed E-state index contributed by atoms with van der Waals surface area (Å²) in [5.74, 6) is -1.26. The lowest BCUT2D eigenvalue weighted by Gasteiger charge is -2.14. The molecular weight excluding hydrogens is 359 g/mol. The van der Waals surface area contributed by atoms with Gasteiger partial charge in [-0.2, -0.15) is 13.2 Å². The molecule has 0 aromatic heterocycles. The first-order valence-corrected chi connectivity index (χ1v) is 8.06. The summed E-state index contributed by atoms with van der Waals surface area (Å²) in [7, 11) is 0. The van der Waals surface area contributed by atoms with Gasteiger partial charge < -0.3 is 10.1 Å². The molecule has 1 N–H and O–H groups in total. The van der Waals surface area contributed by atoms with Crippen molar-refractivity contribution in [2.45, 2.75) is 38.9 Å². The molecule has 0 aliphatic carbocycles. The number of hydrogen-bond acceptors (Lipinski definition) is 3. The van der Waals surface area contributed by atoms with Crippen LogP contribution in [0.25, 0.3) is 6.08 Å². The highest BCUT2D eigenvalue weighted by molar-refractivity contribution is 6.31. The number of hydrogen-bond donors (Lipinski definition) is 1. The number of benzene rings is 1. The van der Waals surface area contributed by atoms with Gasteiger partial charge >= 0.3 is 12.1 Å². The molecule has 0 spiro atoms. The molecule has 25 heavy (non-hydrogen) atoms. The summed E-state index contributed by atoms with van der Waals surface area (Å²) < 4.78 is 43.0. The number of rotatable bonds is 7. The van der Waals surface area contributed by atoms with Gasteiger partial charge in [-0.15, -0.1) is 0 Å². The maximum Gasteiger partial charge on any atom is 0.417 e. The van der Waals surface area contributed by atoms with Crippen LogP contribution in [0.2, 0.25) is 5.02 Å². The molecule has 0 heterocycles. The smallest absolute Gasteiger partial charge is 0.417 e. The van der Waals surface area contributed by atoms with E-state index < -0.39 is 35.2 Å². The Bertz CT molecular complexity index is 641. The van der Waals surface area contributed by atoms with Crippen molar-refractivity contribution in [2.24, 2.45) is 0 Å². The number of halogens is 4. The second-order valence-electron chi connectivity index (χ2n) is 5.26. The van der Waals surface area contributed by atoms with Crippen LogP contribution in [0.4, 0.5) is 13.2 Å². The summed E-state index contributed by atoms with van der Waals surface area (Å²) >= 11 is 5.51. The summed E-state index contributed by atoms with van der Waals surface area (Å²) in [6, 6.07) is 3.27. The average molecular weight is 378 g/mol. The Morgan fingerprint density at radius 1 is 1.28 bits per heavy atom. The van der Waals surface area contributed by atoms with E-state index >= 15 is 0 Å². The van der Waals surface area contributed by atoms with Crippen LogP contribution in [-0.4, -0.2) is 24.5 Å². The first-order chi connectivity index (χ1) is 11.7. The first kappa shape index (κ1) is 21.0. The molecule has 1 rings (SSSR count). The molecule has 0 fully saturated rings. The molecular formula is C17H19ClF3NO3. The topological polar surface area (TPSA) is 55.4 Å². The van der Waals surface area contributed by atoms with Crippen molar-refractivity contribution in [3.63, 3.8) is 0 Å². The molecule has 8 heteroatoms. The molecule has 1 amide bonds. The van der Waals surface area contributed by atoms with E-state index in [9.17, 15) is 22.8 Å². The Morgan fingerprint density at radius 3 is 2.48 bits per heavy atom. The highest BCUT2D eigenvalue weighted by atomic mass is 35.5. The van der Waals surface area contributed by atoms with Gasteiger partial charge in [-0.05, 0) is 36.6 Å². The van der Waals surface area contributed by atoms with Crippen LogP contribution in [0, 0.1) is 0 Å². The highest BCUT2D eigenvalue weighted by Crippen LogP contribution is 2.35. The molecule has 0 radical (unpaired) electrons. The molecule has 0 saturated heterocycles. The number of carbonyl (C=O) groups excluding carboxylic acids is 2. The fraction of sp³-hybridized carbons (Fsp3) is 0.412. The largest absolute Gasteiger partial charge is 0.452 e. The zero-order valence-electron chi connectivity index (χ0n) is 13.8. The van der Waals surface area contributed by atoms with Crippen LogP contribution in [0.3, 0.4) is 0 Å². The van der Waals surface area contributed by atoms with E-state index in [1.165, 1.54) is 6.07 Å². The van der Waals surface area contributed by atoms with Gasteiger partial charge in [-0.25, -0.2) is 4.79 Å². The lowest BCUT2D eigenvalue weighted by molar-refractivity contribution is -0.144. The van der Waals surface area contributed by atoms with E-state index in [0.29, 0.717) is 0 Å². The van der Waals surface area contributed by atoms with Crippen molar-refractivity contribution < 1.29 is 27.5 Å². The number of amides is 1. The van der Waals surface area contributed by atoms with Crippen LogP contribution < -0.4 is 5.32 Å². The van der Waals surface area contributed by atoms with Crippen molar-refractivity contribution in [3.05, 3.63) is 40.4 Å². The highest BCUT2D eigenvalue weighted by Gasteiger charge is 2.33. The van der Waals surface area contributed by atoms with E-state index in [-0.39, 0.29) is 11.6 Å². The quantitative estimate of drug-likeness (QED) is 0.571. The first-order valence-electron chi connectivity index (χ1n) is 7.68. The number of esters is 1. The Labute approximate surface area is 149 Å². The van der Waals surface area contributed by atoms with E-state index in [4.69, 9.17) is 16.3 Å². The maximum atomic E-state index is 12.8. The van der Waals surface area contributed by atoms with Crippen LogP contribution in [0.1, 0.15) is 37.8 Å². The average Bonchev–Trinajstić information content (AvgIpc) is 2.56. The summed E-state index contributed by atoms with van der Waals surface area (Å²) in [6.07, 6.45) is -0.961. The number of ether oxygens (including phenoxy) is 1. The predicted molar refractivity (Wildman–Crippen MR) is 89.0 cm³/mol. The lowest BCUT2D eigenvalue weighted by atomic mass is 10.1. The molecule has 138 valence electrons. The van der Waals surface area contributed by atoms with Gasteiger partial charge in [0.1, 0.15) is 0 Å². The minimum atomic E-state index is -4.59. The molecule has 0 atom stereocenters. The molecule has 1 aromatic rings. The SMILES string of the molecule is CCC(CC)NC(=O)COC(=O)/C=C/c1ccc(Cl)c(C(F)(F)F)c1. The molecule has 0 saturated carbocycles. The fourth-order valence-corrected chi connectivity index (χ4v) is 2.20. The second-order valence-corrected chi connectivity index (χ2v) is 5.67. The Hall–Kier alpha value is -2.02. The second kappa shape index (κ2) is 9.46. The summed E-state index contributed by atoms with van der Waals surface area (Å²) in [4.78, 5) is 23.1. The molecule has 0 aliphatic heterocycles. The Balaban J connectivity index is 2.61. The van der Waals surface area contributed by atoms with Crippen LogP contribution in [0.15, 0.2) is 24.3 Å². The van der Waals surface area contributed by atoms with Gasteiger partial charge in [0.2, 0.25) is 0 Å². The molecule has 0 bridgehead atoms. The predicted octanol–water partition coefficient (Wildman–Crippen LogP) is 4.22. The van der Waals surface area contributed by atoms with Crippen molar-refractivity contribution in [2.75, 3.05) is 6.61 Å². The third-order valence-corrected chi connectivity index (χ3v) is 3.73. The standard InChI is InChI=1S/C17H19ClF3NO3/c1-3-12(4-2)22-15(23)10-25-16(24)8-6-11-5-7-14(18)13(9-11)17(19,20)21/h5-9,12H,3-4,10H2,1-2H3,(H,22,23)/b8-6+. The van der Waals surface area contributed by atoms with Crippen molar-refractivity contribution in [3.8, 4) is 0 Å². The summed E-state index contributed by atoms with van der Waals surface area (Å²) in [5, 5.41) is 2.27. The molecule has 1 aromatic carbocycles. The number of alkyl halides is 3. The lowest BCUT2D eigenvalue weighted by Crippen LogP contribution is -2.36. The van der Waals surface area contributed by atoms with Crippen LogP contribution in [-0.2, 0) is 20.5 Å². The Kier molecular flexibility index (Phi) is 7.96. The van der Waals surface area contributed by atoms with Crippen LogP contribution in [0.5, 0.6) is 0 Å². The minimum Gasteiger partial charge on any atom is -0.452 e. The van der Waals surface area contributed by atoms with Gasteiger partial charge in [0.25, 0.3) is 5.91 Å². The van der Waals surface area contributed by atoms with Gasteiger partial charge in [-0.3, -0.25) is 4.79 Å². The van der Waals surface area contributed by atoms with Crippen molar-refractivity contribution >= 4 is 29.6 Å².